The van der Waals surface area contributed by atoms with Crippen LogP contribution in [0.2, 0.25) is 0 Å². The lowest BCUT2D eigenvalue weighted by Crippen LogP contribution is -1.85. The summed E-state index contributed by atoms with van der Waals surface area (Å²) in [4.78, 5) is 0. The molecule has 2 aromatic carbocycles. The molecule has 2 N–H and O–H groups in total. The number of hydrogen-bond acceptors (Lipinski definition) is 2. The summed E-state index contributed by atoms with van der Waals surface area (Å²) < 4.78 is 0. The third-order valence-electron chi connectivity index (χ3n) is 3.39. The van der Waals surface area contributed by atoms with Crippen molar-refractivity contribution in [3.63, 3.8) is 0 Å². The largest absolute Gasteiger partial charge is 0.507 e. The van der Waals surface area contributed by atoms with Crippen molar-refractivity contribution >= 4 is 12.2 Å². The zero-order valence-electron chi connectivity index (χ0n) is 12.4. The second-order valence-electron chi connectivity index (χ2n) is 5.37. The van der Waals surface area contributed by atoms with Crippen LogP contribution in [0, 0.1) is 27.7 Å². The van der Waals surface area contributed by atoms with Gasteiger partial charge in [0.25, 0.3) is 0 Å². The first-order valence-electron chi connectivity index (χ1n) is 6.67. The van der Waals surface area contributed by atoms with Crippen molar-refractivity contribution in [3.05, 3.63) is 57.6 Å². The van der Waals surface area contributed by atoms with Gasteiger partial charge >= 0.3 is 0 Å². The van der Waals surface area contributed by atoms with E-state index >= 15 is 0 Å². The van der Waals surface area contributed by atoms with Gasteiger partial charge < -0.3 is 10.2 Å². The summed E-state index contributed by atoms with van der Waals surface area (Å²) in [6.07, 6.45) is 3.67. The summed E-state index contributed by atoms with van der Waals surface area (Å²) in [6, 6.07) is 7.75. The molecule has 2 heteroatoms. The average Bonchev–Trinajstić information content (AvgIpc) is 2.37. The molecule has 0 aliphatic carbocycles. The van der Waals surface area contributed by atoms with E-state index in [9.17, 15) is 10.2 Å². The summed E-state index contributed by atoms with van der Waals surface area (Å²) in [5.41, 5.74) is 5.44. The highest BCUT2D eigenvalue weighted by Crippen LogP contribution is 2.29. The molecule has 104 valence electrons. The quantitative estimate of drug-likeness (QED) is 0.787. The van der Waals surface area contributed by atoms with Crippen LogP contribution < -0.4 is 0 Å². The molecule has 2 nitrogen and oxygen atoms in total. The minimum Gasteiger partial charge on any atom is -0.507 e. The summed E-state index contributed by atoms with van der Waals surface area (Å²) in [6.45, 7) is 7.76. The number of phenolic OH excluding ortho intramolecular Hbond substituents is 2. The number of benzene rings is 2. The van der Waals surface area contributed by atoms with Crippen molar-refractivity contribution in [2.24, 2.45) is 0 Å². The number of aromatic hydroxyl groups is 2. The molecule has 0 radical (unpaired) electrons. The molecule has 0 unspecified atom stereocenters. The SMILES string of the molecule is Cc1cc(C)c(O)c(C=Cc2cc(C)cc(C)c2O)c1. The first-order chi connectivity index (χ1) is 9.38. The maximum absolute atomic E-state index is 10.1. The van der Waals surface area contributed by atoms with E-state index in [2.05, 4.69) is 0 Å². The van der Waals surface area contributed by atoms with Crippen LogP contribution in [0.15, 0.2) is 24.3 Å². The molecule has 0 aliphatic heterocycles. The first-order valence-corrected chi connectivity index (χ1v) is 6.67. The second-order valence-corrected chi connectivity index (χ2v) is 5.37. The Hall–Kier alpha value is -2.22. The maximum Gasteiger partial charge on any atom is 0.125 e. The lowest BCUT2D eigenvalue weighted by molar-refractivity contribution is 0.468. The van der Waals surface area contributed by atoms with E-state index in [1.54, 1.807) is 0 Å². The Labute approximate surface area is 120 Å². The molecule has 0 aliphatic rings. The van der Waals surface area contributed by atoms with Gasteiger partial charge in [-0.3, -0.25) is 0 Å². The van der Waals surface area contributed by atoms with Crippen LogP contribution in [-0.4, -0.2) is 10.2 Å². The molecule has 0 fully saturated rings. The van der Waals surface area contributed by atoms with Crippen LogP contribution in [0.4, 0.5) is 0 Å². The molecule has 0 aromatic heterocycles. The Morgan fingerprint density at radius 2 is 1.00 bits per heavy atom. The standard InChI is InChI=1S/C18H20O2/c1-11-7-13(3)17(19)15(9-11)5-6-16-10-12(2)8-14(4)18(16)20/h5-10,19-20H,1-4H3. The van der Waals surface area contributed by atoms with Crippen molar-refractivity contribution in [3.8, 4) is 11.5 Å². The highest BCUT2D eigenvalue weighted by molar-refractivity contribution is 5.76. The Bertz CT molecular complexity index is 623. The Kier molecular flexibility index (Phi) is 3.84. The van der Waals surface area contributed by atoms with E-state index < -0.39 is 0 Å². The van der Waals surface area contributed by atoms with Gasteiger partial charge in [0.2, 0.25) is 0 Å². The zero-order chi connectivity index (χ0) is 14.9. The van der Waals surface area contributed by atoms with Gasteiger partial charge in [0.15, 0.2) is 0 Å². The topological polar surface area (TPSA) is 40.5 Å². The number of hydrogen-bond donors (Lipinski definition) is 2. The Morgan fingerprint density at radius 3 is 1.35 bits per heavy atom. The van der Waals surface area contributed by atoms with Crippen molar-refractivity contribution in [1.82, 2.24) is 0 Å². The summed E-state index contributed by atoms with van der Waals surface area (Å²) in [7, 11) is 0. The highest BCUT2D eigenvalue weighted by Gasteiger charge is 2.05. The first kappa shape index (κ1) is 14.2. The highest BCUT2D eigenvalue weighted by atomic mass is 16.3. The average molecular weight is 268 g/mol. The third kappa shape index (κ3) is 2.85. The second kappa shape index (κ2) is 5.41. The van der Waals surface area contributed by atoms with Crippen LogP contribution in [0.1, 0.15) is 33.4 Å². The van der Waals surface area contributed by atoms with Gasteiger partial charge in [-0.1, -0.05) is 35.4 Å². The predicted molar refractivity (Wildman–Crippen MR) is 84.1 cm³/mol. The molecule has 2 rings (SSSR count). The Morgan fingerprint density at radius 1 is 0.650 bits per heavy atom. The van der Waals surface area contributed by atoms with Crippen LogP contribution in [0.5, 0.6) is 11.5 Å². The minimum absolute atomic E-state index is 0.288. The summed E-state index contributed by atoms with van der Waals surface area (Å²) >= 11 is 0. The molecule has 0 saturated heterocycles. The molecule has 0 amide bonds. The number of phenols is 2. The zero-order valence-corrected chi connectivity index (χ0v) is 12.4. The summed E-state index contributed by atoms with van der Waals surface area (Å²) in [5, 5.41) is 20.1. The van der Waals surface area contributed by atoms with Gasteiger partial charge in [0.05, 0.1) is 0 Å². The van der Waals surface area contributed by atoms with Crippen LogP contribution >= 0.6 is 0 Å². The smallest absolute Gasteiger partial charge is 0.125 e. The van der Waals surface area contributed by atoms with Gasteiger partial charge in [-0.05, 0) is 51.0 Å². The van der Waals surface area contributed by atoms with E-state index in [1.165, 1.54) is 0 Å². The van der Waals surface area contributed by atoms with Crippen molar-refractivity contribution in [2.75, 3.05) is 0 Å². The van der Waals surface area contributed by atoms with Gasteiger partial charge in [-0.15, -0.1) is 0 Å². The van der Waals surface area contributed by atoms with E-state index in [4.69, 9.17) is 0 Å². The molecule has 0 saturated carbocycles. The van der Waals surface area contributed by atoms with E-state index in [0.717, 1.165) is 33.4 Å². The molecular formula is C18H20O2. The van der Waals surface area contributed by atoms with Gasteiger partial charge in [0.1, 0.15) is 11.5 Å². The van der Waals surface area contributed by atoms with Crippen molar-refractivity contribution < 1.29 is 10.2 Å². The predicted octanol–water partition coefficient (Wildman–Crippen LogP) is 4.50. The van der Waals surface area contributed by atoms with E-state index in [1.807, 2.05) is 64.1 Å². The lowest BCUT2D eigenvalue weighted by atomic mass is 10.0. The molecule has 20 heavy (non-hydrogen) atoms. The van der Waals surface area contributed by atoms with Crippen LogP contribution in [0.3, 0.4) is 0 Å². The molecule has 0 heterocycles. The normalized spacial score (nSPS) is 11.2. The van der Waals surface area contributed by atoms with E-state index in [-0.39, 0.29) is 11.5 Å². The molecule has 0 atom stereocenters. The van der Waals surface area contributed by atoms with Gasteiger partial charge in [-0.2, -0.15) is 0 Å². The molecule has 0 bridgehead atoms. The minimum atomic E-state index is 0.288. The Balaban J connectivity index is 2.45. The van der Waals surface area contributed by atoms with Crippen molar-refractivity contribution in [1.29, 1.82) is 0 Å². The number of rotatable bonds is 2. The van der Waals surface area contributed by atoms with Crippen LogP contribution in [0.25, 0.3) is 12.2 Å². The van der Waals surface area contributed by atoms with Gasteiger partial charge in [0, 0.05) is 11.1 Å². The fraction of sp³-hybridized carbons (Fsp3) is 0.222. The van der Waals surface area contributed by atoms with Crippen molar-refractivity contribution in [2.45, 2.75) is 27.7 Å². The fourth-order valence-corrected chi connectivity index (χ4v) is 2.42. The summed E-state index contributed by atoms with van der Waals surface area (Å²) in [5.74, 6) is 0.575. The maximum atomic E-state index is 10.1. The monoisotopic (exact) mass is 268 g/mol. The molecule has 2 aromatic rings. The molecule has 0 spiro atoms. The van der Waals surface area contributed by atoms with Gasteiger partial charge in [-0.25, -0.2) is 0 Å². The third-order valence-corrected chi connectivity index (χ3v) is 3.39. The molecular weight excluding hydrogens is 248 g/mol. The van der Waals surface area contributed by atoms with Crippen LogP contribution in [-0.2, 0) is 0 Å². The lowest BCUT2D eigenvalue weighted by Gasteiger charge is -2.07. The number of aryl methyl sites for hydroxylation is 4. The fourth-order valence-electron chi connectivity index (χ4n) is 2.42. The van der Waals surface area contributed by atoms with E-state index in [0.29, 0.717) is 0 Å².